The predicted molar refractivity (Wildman–Crippen MR) is 111 cm³/mol. The van der Waals surface area contributed by atoms with Crippen LogP contribution in [0.3, 0.4) is 0 Å². The van der Waals surface area contributed by atoms with Crippen LogP contribution in [0.25, 0.3) is 0 Å². The fourth-order valence-corrected chi connectivity index (χ4v) is 3.82. The number of hydrogen-bond donors (Lipinski definition) is 1. The number of carbonyl (C=O) groups excluding carboxylic acids is 4. The highest BCUT2D eigenvalue weighted by atomic mass is 16.6. The van der Waals surface area contributed by atoms with Crippen LogP contribution in [0.2, 0.25) is 0 Å². The molecular formula is C23H23N3O5. The minimum absolute atomic E-state index is 0.124. The van der Waals surface area contributed by atoms with E-state index in [4.69, 9.17) is 4.74 Å². The summed E-state index contributed by atoms with van der Waals surface area (Å²) in [4.78, 5) is 52.0. The molecule has 160 valence electrons. The van der Waals surface area contributed by atoms with Crippen LogP contribution in [0.15, 0.2) is 54.6 Å². The van der Waals surface area contributed by atoms with Crippen molar-refractivity contribution in [2.75, 3.05) is 19.6 Å². The van der Waals surface area contributed by atoms with Crippen LogP contribution in [0, 0.1) is 0 Å². The summed E-state index contributed by atoms with van der Waals surface area (Å²) in [6.45, 7) is 0.833. The largest absolute Gasteiger partial charge is 0.445 e. The minimum atomic E-state index is -0.452. The van der Waals surface area contributed by atoms with Crippen molar-refractivity contribution >= 4 is 23.8 Å². The first-order valence-corrected chi connectivity index (χ1v) is 10.2. The van der Waals surface area contributed by atoms with Gasteiger partial charge in [-0.3, -0.25) is 19.3 Å². The molecule has 1 N–H and O–H groups in total. The number of fused-ring (bicyclic) bond motifs is 1. The standard InChI is InChI=1S/C23H23N3O5/c27-20(14-26-21(28)18-8-4-5-9-19(18)22(26)29)24-17-10-12-25(13-11-17)23(30)31-15-16-6-2-1-3-7-16/h1-9,17H,10-15H2,(H,24,27). The van der Waals surface area contributed by atoms with Crippen LogP contribution in [-0.4, -0.2) is 59.3 Å². The minimum Gasteiger partial charge on any atom is -0.445 e. The van der Waals surface area contributed by atoms with E-state index < -0.39 is 11.8 Å². The van der Waals surface area contributed by atoms with Gasteiger partial charge in [0, 0.05) is 19.1 Å². The second-order valence-electron chi connectivity index (χ2n) is 7.61. The zero-order valence-electron chi connectivity index (χ0n) is 17.0. The number of rotatable bonds is 5. The first-order chi connectivity index (χ1) is 15.0. The van der Waals surface area contributed by atoms with E-state index in [9.17, 15) is 19.2 Å². The molecule has 0 saturated carbocycles. The van der Waals surface area contributed by atoms with Gasteiger partial charge in [0.15, 0.2) is 0 Å². The van der Waals surface area contributed by atoms with Crippen molar-refractivity contribution < 1.29 is 23.9 Å². The SMILES string of the molecule is O=C(CN1C(=O)c2ccccc2C1=O)NC1CCN(C(=O)OCc2ccccc2)CC1. The normalized spacial score (nSPS) is 16.3. The van der Waals surface area contributed by atoms with Gasteiger partial charge in [-0.2, -0.15) is 0 Å². The number of ether oxygens (including phenoxy) is 1. The van der Waals surface area contributed by atoms with Gasteiger partial charge in [-0.05, 0) is 30.5 Å². The van der Waals surface area contributed by atoms with Crippen molar-refractivity contribution in [1.82, 2.24) is 15.1 Å². The third-order valence-corrected chi connectivity index (χ3v) is 5.50. The van der Waals surface area contributed by atoms with E-state index >= 15 is 0 Å². The number of likely N-dealkylation sites (tertiary alicyclic amines) is 1. The number of benzene rings is 2. The second kappa shape index (κ2) is 8.99. The molecule has 0 atom stereocenters. The van der Waals surface area contributed by atoms with Crippen molar-refractivity contribution in [2.24, 2.45) is 0 Å². The van der Waals surface area contributed by atoms with Crippen LogP contribution in [0.5, 0.6) is 0 Å². The Balaban J connectivity index is 1.22. The molecule has 0 unspecified atom stereocenters. The topological polar surface area (TPSA) is 96.0 Å². The van der Waals surface area contributed by atoms with E-state index in [0.29, 0.717) is 37.1 Å². The van der Waals surface area contributed by atoms with E-state index in [1.165, 1.54) is 0 Å². The van der Waals surface area contributed by atoms with Crippen LogP contribution in [-0.2, 0) is 16.1 Å². The average Bonchev–Trinajstić information content (AvgIpc) is 3.03. The highest BCUT2D eigenvalue weighted by Crippen LogP contribution is 2.22. The molecule has 0 bridgehead atoms. The lowest BCUT2D eigenvalue weighted by atomic mass is 10.1. The van der Waals surface area contributed by atoms with Gasteiger partial charge in [0.2, 0.25) is 5.91 Å². The second-order valence-corrected chi connectivity index (χ2v) is 7.61. The molecule has 4 amide bonds. The van der Waals surface area contributed by atoms with Gasteiger partial charge in [-0.1, -0.05) is 42.5 Å². The van der Waals surface area contributed by atoms with Gasteiger partial charge in [-0.15, -0.1) is 0 Å². The molecule has 31 heavy (non-hydrogen) atoms. The molecule has 2 aromatic carbocycles. The highest BCUT2D eigenvalue weighted by Gasteiger charge is 2.36. The van der Waals surface area contributed by atoms with Gasteiger partial charge in [-0.25, -0.2) is 4.79 Å². The Labute approximate surface area is 179 Å². The summed E-state index contributed by atoms with van der Waals surface area (Å²) in [5, 5.41) is 2.87. The Morgan fingerprint density at radius 3 is 2.10 bits per heavy atom. The van der Waals surface area contributed by atoms with Crippen LogP contribution in [0.4, 0.5) is 4.79 Å². The monoisotopic (exact) mass is 421 g/mol. The molecule has 1 fully saturated rings. The van der Waals surface area contributed by atoms with E-state index in [0.717, 1.165) is 10.5 Å². The molecule has 0 aromatic heterocycles. The fraction of sp³-hybridized carbons (Fsp3) is 0.304. The molecule has 8 nitrogen and oxygen atoms in total. The van der Waals surface area contributed by atoms with Crippen LogP contribution < -0.4 is 5.32 Å². The Kier molecular flexibility index (Phi) is 5.97. The summed E-state index contributed by atoms with van der Waals surface area (Å²) in [6.07, 6.45) is 0.780. The number of carbonyl (C=O) groups is 4. The van der Waals surface area contributed by atoms with Crippen molar-refractivity contribution in [2.45, 2.75) is 25.5 Å². The van der Waals surface area contributed by atoms with Gasteiger partial charge >= 0.3 is 6.09 Å². The quantitative estimate of drug-likeness (QED) is 0.747. The summed E-state index contributed by atoms with van der Waals surface area (Å²) in [7, 11) is 0. The van der Waals surface area contributed by atoms with Crippen LogP contribution in [0.1, 0.15) is 39.1 Å². The summed E-state index contributed by atoms with van der Waals surface area (Å²) in [6, 6.07) is 15.9. The Bertz CT molecular complexity index is 964. The van der Waals surface area contributed by atoms with E-state index in [-0.39, 0.29) is 31.2 Å². The van der Waals surface area contributed by atoms with E-state index in [1.54, 1.807) is 29.2 Å². The number of hydrogen-bond acceptors (Lipinski definition) is 5. The smallest absolute Gasteiger partial charge is 0.410 e. The third-order valence-electron chi connectivity index (χ3n) is 5.50. The summed E-state index contributed by atoms with van der Waals surface area (Å²) in [5.41, 5.74) is 1.57. The lowest BCUT2D eigenvalue weighted by Gasteiger charge is -2.32. The molecule has 0 spiro atoms. The lowest BCUT2D eigenvalue weighted by molar-refractivity contribution is -0.122. The van der Waals surface area contributed by atoms with Crippen molar-refractivity contribution in [3.63, 3.8) is 0 Å². The highest BCUT2D eigenvalue weighted by molar-refractivity contribution is 6.22. The van der Waals surface area contributed by atoms with E-state index in [2.05, 4.69) is 5.32 Å². The number of nitrogens with zero attached hydrogens (tertiary/aromatic N) is 2. The molecule has 2 heterocycles. The fourth-order valence-electron chi connectivity index (χ4n) is 3.82. The molecule has 0 radical (unpaired) electrons. The Hall–Kier alpha value is -3.68. The molecule has 0 aliphatic carbocycles. The molecule has 4 rings (SSSR count). The zero-order valence-corrected chi connectivity index (χ0v) is 17.0. The van der Waals surface area contributed by atoms with Crippen molar-refractivity contribution in [3.8, 4) is 0 Å². The molecule has 2 aliphatic heterocycles. The van der Waals surface area contributed by atoms with Crippen molar-refractivity contribution in [3.05, 3.63) is 71.3 Å². The maximum atomic E-state index is 12.4. The van der Waals surface area contributed by atoms with Crippen LogP contribution >= 0.6 is 0 Å². The lowest BCUT2D eigenvalue weighted by Crippen LogP contribution is -2.49. The number of imide groups is 1. The first-order valence-electron chi connectivity index (χ1n) is 10.2. The zero-order chi connectivity index (χ0) is 21.8. The van der Waals surface area contributed by atoms with Gasteiger partial charge in [0.25, 0.3) is 11.8 Å². The summed E-state index contributed by atoms with van der Waals surface area (Å²) < 4.78 is 5.34. The van der Waals surface area contributed by atoms with E-state index in [1.807, 2.05) is 30.3 Å². The maximum absolute atomic E-state index is 12.4. The van der Waals surface area contributed by atoms with Gasteiger partial charge in [0.05, 0.1) is 11.1 Å². The molecule has 2 aromatic rings. The molecular weight excluding hydrogens is 398 g/mol. The average molecular weight is 421 g/mol. The van der Waals surface area contributed by atoms with Crippen molar-refractivity contribution in [1.29, 1.82) is 0 Å². The Morgan fingerprint density at radius 1 is 0.903 bits per heavy atom. The number of piperidine rings is 1. The number of amides is 4. The molecule has 8 heteroatoms. The van der Waals surface area contributed by atoms with Gasteiger partial charge < -0.3 is 15.0 Å². The maximum Gasteiger partial charge on any atom is 0.410 e. The molecule has 2 aliphatic rings. The van der Waals surface area contributed by atoms with Gasteiger partial charge in [0.1, 0.15) is 13.2 Å². The molecule has 1 saturated heterocycles. The summed E-state index contributed by atoms with van der Waals surface area (Å²) in [5.74, 6) is -1.29. The first kappa shape index (κ1) is 20.6. The summed E-state index contributed by atoms with van der Waals surface area (Å²) >= 11 is 0. The third kappa shape index (κ3) is 4.58. The predicted octanol–water partition coefficient (Wildman–Crippen LogP) is 2.20. The number of nitrogens with one attached hydrogen (secondary N) is 1. The Morgan fingerprint density at radius 2 is 1.48 bits per heavy atom.